The average Bonchev–Trinajstić information content (AvgIpc) is 3.24. The second-order valence-electron chi connectivity index (χ2n) is 7.79. The van der Waals surface area contributed by atoms with E-state index in [1.54, 1.807) is 16.5 Å². The first kappa shape index (κ1) is 22.1. The van der Waals surface area contributed by atoms with E-state index in [1.165, 1.54) is 11.8 Å². The summed E-state index contributed by atoms with van der Waals surface area (Å²) in [6, 6.07) is 17.1. The second kappa shape index (κ2) is 9.56. The Labute approximate surface area is 191 Å². The van der Waals surface area contributed by atoms with Crippen LogP contribution in [-0.2, 0) is 11.3 Å². The van der Waals surface area contributed by atoms with Gasteiger partial charge in [-0.05, 0) is 37.6 Å². The smallest absolute Gasteiger partial charge is 0.262 e. The van der Waals surface area contributed by atoms with Crippen molar-refractivity contribution in [3.8, 4) is 0 Å². The molecule has 0 saturated carbocycles. The number of amides is 1. The number of hydrogen-bond acceptors (Lipinski definition) is 5. The van der Waals surface area contributed by atoms with Gasteiger partial charge in [0, 0.05) is 19.3 Å². The second-order valence-corrected chi connectivity index (χ2v) is 9.10. The Morgan fingerprint density at radius 1 is 1.06 bits per heavy atom. The quantitative estimate of drug-likeness (QED) is 0.295. The Kier molecular flexibility index (Phi) is 6.60. The number of aromatic nitrogens is 4. The van der Waals surface area contributed by atoms with Crippen LogP contribution >= 0.6 is 11.8 Å². The van der Waals surface area contributed by atoms with Crippen LogP contribution in [-0.4, -0.2) is 37.4 Å². The molecule has 8 heteroatoms. The predicted octanol–water partition coefficient (Wildman–Crippen LogP) is 4.38. The molecule has 0 spiro atoms. The van der Waals surface area contributed by atoms with Crippen molar-refractivity contribution in [2.75, 3.05) is 11.9 Å². The first-order valence-electron chi connectivity index (χ1n) is 10.9. The lowest BCUT2D eigenvalue weighted by Gasteiger charge is -2.21. The van der Waals surface area contributed by atoms with E-state index in [-0.39, 0.29) is 16.7 Å². The zero-order valence-electron chi connectivity index (χ0n) is 18.6. The van der Waals surface area contributed by atoms with Crippen LogP contribution in [0.15, 0.2) is 64.5 Å². The molecule has 0 aliphatic heterocycles. The summed E-state index contributed by atoms with van der Waals surface area (Å²) >= 11 is 1.35. The predicted molar refractivity (Wildman–Crippen MR) is 129 cm³/mol. The number of hydrogen-bond donors (Lipinski definition) is 0. The van der Waals surface area contributed by atoms with Gasteiger partial charge in [-0.3, -0.25) is 18.6 Å². The van der Waals surface area contributed by atoms with E-state index in [4.69, 9.17) is 0 Å². The Bertz CT molecular complexity index is 1300. The van der Waals surface area contributed by atoms with Gasteiger partial charge in [-0.2, -0.15) is 0 Å². The summed E-state index contributed by atoms with van der Waals surface area (Å²) in [6.45, 7) is 4.59. The van der Waals surface area contributed by atoms with Gasteiger partial charge in [0.15, 0.2) is 5.16 Å². The fourth-order valence-electron chi connectivity index (χ4n) is 3.79. The highest BCUT2D eigenvalue weighted by Crippen LogP contribution is 2.27. The number of benzene rings is 2. The molecule has 4 rings (SSSR count). The topological polar surface area (TPSA) is 72.5 Å². The molecule has 0 radical (unpaired) electrons. The molecule has 0 saturated heterocycles. The number of carbonyl (C=O) groups excluding carboxylic acids is 1. The van der Waals surface area contributed by atoms with Crippen LogP contribution in [0.3, 0.4) is 0 Å². The van der Waals surface area contributed by atoms with Crippen molar-refractivity contribution >= 4 is 40.0 Å². The van der Waals surface area contributed by atoms with Crippen molar-refractivity contribution in [3.05, 3.63) is 65.0 Å². The Morgan fingerprint density at radius 2 is 1.78 bits per heavy atom. The number of thioether (sulfide) groups is 1. The van der Waals surface area contributed by atoms with E-state index in [9.17, 15) is 9.59 Å². The molecule has 4 aromatic rings. The Hall–Kier alpha value is -3.13. The minimum absolute atomic E-state index is 0.0291. The van der Waals surface area contributed by atoms with Crippen molar-refractivity contribution in [3.63, 3.8) is 0 Å². The van der Waals surface area contributed by atoms with Crippen molar-refractivity contribution in [2.45, 2.75) is 50.1 Å². The van der Waals surface area contributed by atoms with Gasteiger partial charge in [0.25, 0.3) is 5.56 Å². The van der Waals surface area contributed by atoms with Crippen molar-refractivity contribution in [1.29, 1.82) is 0 Å². The zero-order chi connectivity index (χ0) is 22.7. The lowest BCUT2D eigenvalue weighted by molar-refractivity contribution is -0.117. The largest absolute Gasteiger partial charge is 0.315 e. The summed E-state index contributed by atoms with van der Waals surface area (Å²) in [5.41, 5.74) is 1.54. The van der Waals surface area contributed by atoms with Crippen molar-refractivity contribution in [2.24, 2.45) is 0 Å². The number of carbonyl (C=O) groups is 1. The maximum atomic E-state index is 13.1. The van der Waals surface area contributed by atoms with Crippen LogP contribution < -0.4 is 10.5 Å². The monoisotopic (exact) mass is 449 g/mol. The third kappa shape index (κ3) is 4.14. The van der Waals surface area contributed by atoms with Gasteiger partial charge < -0.3 is 4.90 Å². The number of aryl methyl sites for hydroxylation is 1. The molecule has 0 aliphatic carbocycles. The molecular weight excluding hydrogens is 422 g/mol. The SMILES string of the molecule is CCCCCn1c(=O)c2ccccc2n2c(SC(C)C(=O)N(C)c3ccccc3)nnc12. The van der Waals surface area contributed by atoms with Crippen molar-refractivity contribution < 1.29 is 4.79 Å². The Balaban J connectivity index is 1.72. The molecule has 0 N–H and O–H groups in total. The molecule has 0 aliphatic rings. The first-order chi connectivity index (χ1) is 15.5. The minimum atomic E-state index is -0.383. The van der Waals surface area contributed by atoms with E-state index < -0.39 is 0 Å². The molecule has 1 atom stereocenters. The number of nitrogens with zero attached hydrogens (tertiary/aromatic N) is 5. The lowest BCUT2D eigenvalue weighted by Crippen LogP contribution is -2.33. The van der Waals surface area contributed by atoms with Gasteiger partial charge in [-0.1, -0.05) is 61.9 Å². The van der Waals surface area contributed by atoms with Gasteiger partial charge in [0.2, 0.25) is 11.7 Å². The van der Waals surface area contributed by atoms with Crippen molar-refractivity contribution in [1.82, 2.24) is 19.2 Å². The maximum Gasteiger partial charge on any atom is 0.262 e. The van der Waals surface area contributed by atoms with E-state index in [2.05, 4.69) is 17.1 Å². The molecule has 32 heavy (non-hydrogen) atoms. The molecule has 166 valence electrons. The van der Waals surface area contributed by atoms with E-state index in [1.807, 2.05) is 65.9 Å². The minimum Gasteiger partial charge on any atom is -0.315 e. The molecule has 0 bridgehead atoms. The van der Waals surface area contributed by atoms with E-state index in [0.717, 1.165) is 30.5 Å². The number of anilines is 1. The summed E-state index contributed by atoms with van der Waals surface area (Å²) in [4.78, 5) is 27.8. The highest BCUT2D eigenvalue weighted by atomic mass is 32.2. The fraction of sp³-hybridized carbons (Fsp3) is 0.333. The zero-order valence-corrected chi connectivity index (χ0v) is 19.4. The summed E-state index contributed by atoms with van der Waals surface area (Å²) in [5, 5.41) is 9.57. The summed E-state index contributed by atoms with van der Waals surface area (Å²) in [7, 11) is 1.78. The Morgan fingerprint density at radius 3 is 2.53 bits per heavy atom. The summed E-state index contributed by atoms with van der Waals surface area (Å²) in [6.07, 6.45) is 3.01. The normalized spacial score (nSPS) is 12.3. The standard InChI is InChI=1S/C24H27N5O2S/c1-4-5-11-16-28-22(31)19-14-9-10-15-20(19)29-23(28)25-26-24(29)32-17(2)21(30)27(3)18-12-7-6-8-13-18/h6-10,12-15,17H,4-5,11,16H2,1-3H3. The van der Waals surface area contributed by atoms with Crippen LogP contribution in [0.1, 0.15) is 33.1 Å². The molecule has 1 unspecified atom stereocenters. The van der Waals surface area contributed by atoms with Crippen LogP contribution in [0.5, 0.6) is 0 Å². The molecule has 0 fully saturated rings. The molecule has 7 nitrogen and oxygen atoms in total. The third-order valence-corrected chi connectivity index (χ3v) is 6.60. The van der Waals surface area contributed by atoms with E-state index >= 15 is 0 Å². The molecular formula is C24H27N5O2S. The summed E-state index contributed by atoms with van der Waals surface area (Å²) in [5.74, 6) is 0.488. The number of para-hydroxylation sites is 2. The first-order valence-corrected chi connectivity index (χ1v) is 11.8. The van der Waals surface area contributed by atoms with Gasteiger partial charge >= 0.3 is 0 Å². The number of unbranched alkanes of at least 4 members (excludes halogenated alkanes) is 2. The highest BCUT2D eigenvalue weighted by molar-refractivity contribution is 8.00. The van der Waals surface area contributed by atoms with Gasteiger partial charge in [0.05, 0.1) is 16.2 Å². The number of rotatable bonds is 8. The average molecular weight is 450 g/mol. The van der Waals surface area contributed by atoms with Crippen LogP contribution in [0.2, 0.25) is 0 Å². The fourth-order valence-corrected chi connectivity index (χ4v) is 4.74. The van der Waals surface area contributed by atoms with Gasteiger partial charge in [-0.25, -0.2) is 0 Å². The van der Waals surface area contributed by atoms with Crippen LogP contribution in [0, 0.1) is 0 Å². The third-order valence-electron chi connectivity index (χ3n) is 5.57. The molecule has 2 aromatic heterocycles. The van der Waals surface area contributed by atoms with Gasteiger partial charge in [0.1, 0.15) is 0 Å². The maximum absolute atomic E-state index is 13.1. The molecule has 2 heterocycles. The molecule has 2 aromatic carbocycles. The lowest BCUT2D eigenvalue weighted by atomic mass is 10.2. The van der Waals surface area contributed by atoms with Crippen LogP contribution in [0.25, 0.3) is 16.7 Å². The number of fused-ring (bicyclic) bond motifs is 3. The van der Waals surface area contributed by atoms with Crippen LogP contribution in [0.4, 0.5) is 5.69 Å². The van der Waals surface area contributed by atoms with E-state index in [0.29, 0.717) is 22.9 Å². The highest BCUT2D eigenvalue weighted by Gasteiger charge is 2.24. The molecule has 1 amide bonds. The summed E-state index contributed by atoms with van der Waals surface area (Å²) < 4.78 is 3.61. The van der Waals surface area contributed by atoms with Gasteiger partial charge in [-0.15, -0.1) is 10.2 Å².